The third kappa shape index (κ3) is 4.18. The van der Waals surface area contributed by atoms with Crippen molar-refractivity contribution in [2.24, 2.45) is 17.8 Å². The Morgan fingerprint density at radius 3 is 2.25 bits per heavy atom. The fourth-order valence-corrected chi connectivity index (χ4v) is 2.44. The molecular weight excluding hydrogens is 260 g/mol. The third-order valence-corrected chi connectivity index (χ3v) is 3.77. The van der Waals surface area contributed by atoms with E-state index in [0.29, 0.717) is 12.2 Å². The van der Waals surface area contributed by atoms with Crippen LogP contribution in [0.25, 0.3) is 0 Å². The van der Waals surface area contributed by atoms with Crippen molar-refractivity contribution >= 4 is 17.7 Å². The van der Waals surface area contributed by atoms with Gasteiger partial charge in [-0.2, -0.15) is 0 Å². The van der Waals surface area contributed by atoms with Gasteiger partial charge in [0.15, 0.2) is 5.92 Å². The summed E-state index contributed by atoms with van der Waals surface area (Å²) in [4.78, 5) is 34.7. The number of esters is 2. The Hall–Kier alpha value is -1.65. The summed E-state index contributed by atoms with van der Waals surface area (Å²) in [6, 6.07) is 0. The van der Waals surface area contributed by atoms with Gasteiger partial charge in [-0.3, -0.25) is 14.4 Å². The van der Waals surface area contributed by atoms with E-state index in [-0.39, 0.29) is 18.3 Å². The summed E-state index contributed by atoms with van der Waals surface area (Å²) in [5.41, 5.74) is 0. The summed E-state index contributed by atoms with van der Waals surface area (Å²) in [6.45, 7) is 1.95. The number of hydrogen-bond acceptors (Lipinski definition) is 5. The number of Topliss-reactive ketones (excluding diaryl/α,β-unsaturated/α-hetero) is 1. The Morgan fingerprint density at radius 2 is 1.80 bits per heavy atom. The van der Waals surface area contributed by atoms with E-state index in [1.165, 1.54) is 14.2 Å². The van der Waals surface area contributed by atoms with Crippen LogP contribution in [-0.4, -0.2) is 31.9 Å². The van der Waals surface area contributed by atoms with Crippen molar-refractivity contribution in [3.63, 3.8) is 0 Å². The molecule has 1 aliphatic rings. The minimum atomic E-state index is -0.931. The first kappa shape index (κ1) is 16.4. The zero-order valence-electron chi connectivity index (χ0n) is 12.3. The van der Waals surface area contributed by atoms with E-state index in [1.807, 2.05) is 13.0 Å². The molecule has 0 heterocycles. The van der Waals surface area contributed by atoms with Crippen LogP contribution in [-0.2, 0) is 23.9 Å². The van der Waals surface area contributed by atoms with E-state index in [4.69, 9.17) is 0 Å². The number of carbonyl (C=O) groups is 3. The molecule has 112 valence electrons. The van der Waals surface area contributed by atoms with E-state index in [1.54, 1.807) is 6.08 Å². The lowest BCUT2D eigenvalue weighted by Crippen LogP contribution is -2.25. The Kier molecular flexibility index (Phi) is 6.42. The van der Waals surface area contributed by atoms with Crippen molar-refractivity contribution in [1.29, 1.82) is 0 Å². The van der Waals surface area contributed by atoms with E-state index >= 15 is 0 Å². The van der Waals surface area contributed by atoms with Crippen LogP contribution in [0.4, 0.5) is 0 Å². The van der Waals surface area contributed by atoms with Crippen LogP contribution in [0, 0.1) is 17.8 Å². The van der Waals surface area contributed by atoms with Crippen LogP contribution in [0.1, 0.15) is 32.6 Å². The van der Waals surface area contributed by atoms with Gasteiger partial charge in [-0.05, 0) is 25.7 Å². The fraction of sp³-hybridized carbons (Fsp3) is 0.667. The van der Waals surface area contributed by atoms with Crippen molar-refractivity contribution in [3.8, 4) is 0 Å². The first-order chi connectivity index (χ1) is 9.51. The maximum Gasteiger partial charge on any atom is 0.320 e. The van der Waals surface area contributed by atoms with Gasteiger partial charge in [-0.1, -0.05) is 19.1 Å². The second kappa shape index (κ2) is 7.82. The van der Waals surface area contributed by atoms with Crippen LogP contribution < -0.4 is 0 Å². The minimum absolute atomic E-state index is 0.0796. The topological polar surface area (TPSA) is 69.7 Å². The standard InChI is InChI=1S/C15H22O5/c1-10-8-9-11(13(10)16)6-4-5-7-12(14(17)19-2)15(18)20-3/h4-5,10-12H,6-9H2,1-3H3/b5-4+. The quantitative estimate of drug-likeness (QED) is 0.423. The summed E-state index contributed by atoms with van der Waals surface area (Å²) < 4.78 is 9.14. The van der Waals surface area contributed by atoms with E-state index in [9.17, 15) is 14.4 Å². The van der Waals surface area contributed by atoms with Crippen LogP contribution in [0.5, 0.6) is 0 Å². The predicted octanol–water partition coefficient (Wildman–Crippen LogP) is 1.90. The van der Waals surface area contributed by atoms with E-state index in [2.05, 4.69) is 9.47 Å². The molecule has 1 rings (SSSR count). The average molecular weight is 282 g/mol. The van der Waals surface area contributed by atoms with E-state index < -0.39 is 17.9 Å². The van der Waals surface area contributed by atoms with Gasteiger partial charge in [-0.25, -0.2) is 0 Å². The Balaban J connectivity index is 2.47. The molecule has 0 radical (unpaired) electrons. The van der Waals surface area contributed by atoms with Crippen molar-refractivity contribution in [2.45, 2.75) is 32.6 Å². The molecule has 0 spiro atoms. The number of methoxy groups -OCH3 is 2. The Bertz CT molecular complexity index is 383. The minimum Gasteiger partial charge on any atom is -0.468 e. The van der Waals surface area contributed by atoms with Crippen molar-refractivity contribution in [1.82, 2.24) is 0 Å². The molecule has 0 aromatic carbocycles. The van der Waals surface area contributed by atoms with E-state index in [0.717, 1.165) is 12.8 Å². The first-order valence-electron chi connectivity index (χ1n) is 6.85. The van der Waals surface area contributed by atoms with Gasteiger partial charge >= 0.3 is 11.9 Å². The molecule has 2 unspecified atom stereocenters. The van der Waals surface area contributed by atoms with Crippen LogP contribution in [0.15, 0.2) is 12.2 Å². The second-order valence-corrected chi connectivity index (χ2v) is 5.12. The lowest BCUT2D eigenvalue weighted by molar-refractivity contribution is -0.158. The summed E-state index contributed by atoms with van der Waals surface area (Å²) >= 11 is 0. The van der Waals surface area contributed by atoms with Crippen molar-refractivity contribution in [2.75, 3.05) is 14.2 Å². The second-order valence-electron chi connectivity index (χ2n) is 5.12. The van der Waals surface area contributed by atoms with Crippen molar-refractivity contribution in [3.05, 3.63) is 12.2 Å². The smallest absolute Gasteiger partial charge is 0.320 e. The van der Waals surface area contributed by atoms with Crippen LogP contribution >= 0.6 is 0 Å². The fourth-order valence-electron chi connectivity index (χ4n) is 2.44. The summed E-state index contributed by atoms with van der Waals surface area (Å²) in [5.74, 6) is -1.59. The Labute approximate surface area is 119 Å². The molecule has 1 aliphatic carbocycles. The Morgan fingerprint density at radius 1 is 1.20 bits per heavy atom. The normalized spacial score (nSPS) is 22.5. The van der Waals surface area contributed by atoms with Crippen LogP contribution in [0.2, 0.25) is 0 Å². The maximum absolute atomic E-state index is 11.8. The van der Waals surface area contributed by atoms with Gasteiger partial charge in [0.25, 0.3) is 0 Å². The summed E-state index contributed by atoms with van der Waals surface area (Å²) in [5, 5.41) is 0. The van der Waals surface area contributed by atoms with Gasteiger partial charge in [-0.15, -0.1) is 0 Å². The maximum atomic E-state index is 11.8. The summed E-state index contributed by atoms with van der Waals surface area (Å²) in [7, 11) is 2.47. The van der Waals surface area contributed by atoms with Gasteiger partial charge in [0, 0.05) is 11.8 Å². The molecule has 0 aromatic heterocycles. The highest BCUT2D eigenvalue weighted by atomic mass is 16.5. The van der Waals surface area contributed by atoms with Gasteiger partial charge in [0.05, 0.1) is 14.2 Å². The molecule has 0 N–H and O–H groups in total. The molecule has 0 saturated heterocycles. The van der Waals surface area contributed by atoms with Gasteiger partial charge in [0.1, 0.15) is 5.78 Å². The van der Waals surface area contributed by atoms with Crippen molar-refractivity contribution < 1.29 is 23.9 Å². The molecule has 2 atom stereocenters. The van der Waals surface area contributed by atoms with Crippen LogP contribution in [0.3, 0.4) is 0 Å². The molecule has 5 heteroatoms. The third-order valence-electron chi connectivity index (χ3n) is 3.77. The molecule has 0 amide bonds. The number of ether oxygens (including phenoxy) is 2. The van der Waals surface area contributed by atoms with Gasteiger partial charge in [0.2, 0.25) is 0 Å². The lowest BCUT2D eigenvalue weighted by Gasteiger charge is -2.10. The first-order valence-corrected chi connectivity index (χ1v) is 6.85. The number of carbonyl (C=O) groups excluding carboxylic acids is 3. The predicted molar refractivity (Wildman–Crippen MR) is 72.8 cm³/mol. The zero-order valence-corrected chi connectivity index (χ0v) is 12.3. The lowest BCUT2D eigenvalue weighted by atomic mass is 9.99. The zero-order chi connectivity index (χ0) is 15.1. The SMILES string of the molecule is COC(=O)C(C/C=C/CC1CCC(C)C1=O)C(=O)OC. The molecule has 0 bridgehead atoms. The van der Waals surface area contributed by atoms with Gasteiger partial charge < -0.3 is 9.47 Å². The highest BCUT2D eigenvalue weighted by Gasteiger charge is 2.30. The highest BCUT2D eigenvalue weighted by molar-refractivity contribution is 5.94. The number of hydrogen-bond donors (Lipinski definition) is 0. The molecular formula is C15H22O5. The number of ketones is 1. The monoisotopic (exact) mass is 282 g/mol. The molecule has 0 aromatic rings. The molecule has 0 aliphatic heterocycles. The molecule has 5 nitrogen and oxygen atoms in total. The number of rotatable bonds is 6. The largest absolute Gasteiger partial charge is 0.468 e. The highest BCUT2D eigenvalue weighted by Crippen LogP contribution is 2.29. The molecule has 1 fully saturated rings. The number of allylic oxidation sites excluding steroid dienone is 2. The molecule has 20 heavy (non-hydrogen) atoms. The molecule has 1 saturated carbocycles. The average Bonchev–Trinajstić information content (AvgIpc) is 2.77. The summed E-state index contributed by atoms with van der Waals surface area (Å²) in [6.07, 6.45) is 6.37.